The molecular weight excluding hydrogens is 316 g/mol. The molecule has 0 saturated carbocycles. The van der Waals surface area contributed by atoms with Crippen molar-refractivity contribution in [3.63, 3.8) is 0 Å². The molecule has 4 nitrogen and oxygen atoms in total. The standard InChI is InChI=1S/C16H14N2O2S2/c17-11-12-5-1-4-8-16(12)22(19,20)18-14-9-10-21-15-7-3-2-6-13(14)15/h1-8,14,18H,9-10H2/t14-/m0/s1. The molecule has 0 spiro atoms. The van der Waals surface area contributed by atoms with Gasteiger partial charge in [0.15, 0.2) is 0 Å². The van der Waals surface area contributed by atoms with Gasteiger partial charge in [0, 0.05) is 10.9 Å². The predicted molar refractivity (Wildman–Crippen MR) is 86.0 cm³/mol. The first-order valence-corrected chi connectivity index (χ1v) is 9.32. The lowest BCUT2D eigenvalue weighted by atomic mass is 10.1. The molecule has 0 fully saturated rings. The van der Waals surface area contributed by atoms with Crippen LogP contribution in [0.5, 0.6) is 0 Å². The zero-order valence-electron chi connectivity index (χ0n) is 11.7. The van der Waals surface area contributed by atoms with Crippen molar-refractivity contribution in [2.24, 2.45) is 0 Å². The van der Waals surface area contributed by atoms with Gasteiger partial charge in [-0.2, -0.15) is 5.26 Å². The summed E-state index contributed by atoms with van der Waals surface area (Å²) in [6.07, 6.45) is 0.732. The molecule has 1 aliphatic rings. The molecule has 0 aromatic heterocycles. The van der Waals surface area contributed by atoms with Gasteiger partial charge in [-0.25, -0.2) is 13.1 Å². The summed E-state index contributed by atoms with van der Waals surface area (Å²) in [7, 11) is -3.73. The van der Waals surface area contributed by atoms with E-state index in [-0.39, 0.29) is 16.5 Å². The number of benzene rings is 2. The van der Waals surface area contributed by atoms with Gasteiger partial charge in [0.05, 0.1) is 10.5 Å². The summed E-state index contributed by atoms with van der Waals surface area (Å²) in [5, 5.41) is 9.10. The van der Waals surface area contributed by atoms with Crippen LogP contribution in [0.2, 0.25) is 0 Å². The second-order valence-corrected chi connectivity index (χ2v) is 7.78. The first kappa shape index (κ1) is 15.1. The molecule has 1 atom stereocenters. The van der Waals surface area contributed by atoms with Crippen molar-refractivity contribution >= 4 is 21.8 Å². The van der Waals surface area contributed by atoms with E-state index in [2.05, 4.69) is 4.72 Å². The van der Waals surface area contributed by atoms with Crippen LogP contribution < -0.4 is 4.72 Å². The van der Waals surface area contributed by atoms with Crippen molar-refractivity contribution in [2.45, 2.75) is 22.3 Å². The Morgan fingerprint density at radius 3 is 2.68 bits per heavy atom. The number of nitrogens with zero attached hydrogens (tertiary/aromatic N) is 1. The molecule has 1 heterocycles. The Bertz CT molecular complexity index is 841. The highest BCUT2D eigenvalue weighted by Crippen LogP contribution is 2.36. The van der Waals surface area contributed by atoms with E-state index in [1.54, 1.807) is 23.9 Å². The predicted octanol–water partition coefficient (Wildman–Crippen LogP) is 3.07. The van der Waals surface area contributed by atoms with E-state index >= 15 is 0 Å². The minimum Gasteiger partial charge on any atom is -0.207 e. The molecule has 0 amide bonds. The molecule has 2 aromatic rings. The summed E-state index contributed by atoms with van der Waals surface area (Å²) in [4.78, 5) is 1.14. The van der Waals surface area contributed by atoms with Gasteiger partial charge in [0.25, 0.3) is 0 Å². The summed E-state index contributed by atoms with van der Waals surface area (Å²) in [5.74, 6) is 0.865. The molecule has 0 saturated heterocycles. The van der Waals surface area contributed by atoms with Crippen LogP contribution in [0.1, 0.15) is 23.6 Å². The maximum absolute atomic E-state index is 12.6. The van der Waals surface area contributed by atoms with Gasteiger partial charge in [0.1, 0.15) is 6.07 Å². The van der Waals surface area contributed by atoms with Crippen molar-refractivity contribution < 1.29 is 8.42 Å². The van der Waals surface area contributed by atoms with Crippen LogP contribution in [0.3, 0.4) is 0 Å². The largest absolute Gasteiger partial charge is 0.242 e. The number of sulfonamides is 1. The second-order valence-electron chi connectivity index (χ2n) is 4.96. The number of nitriles is 1. The molecule has 1 N–H and O–H groups in total. The topological polar surface area (TPSA) is 70.0 Å². The molecule has 1 aliphatic heterocycles. The number of fused-ring (bicyclic) bond motifs is 1. The van der Waals surface area contributed by atoms with Crippen LogP contribution in [-0.4, -0.2) is 14.2 Å². The van der Waals surface area contributed by atoms with E-state index in [1.807, 2.05) is 30.3 Å². The third-order valence-corrected chi connectivity index (χ3v) is 6.21. The summed E-state index contributed by atoms with van der Waals surface area (Å²) in [6, 6.07) is 15.8. The van der Waals surface area contributed by atoms with Crippen LogP contribution in [0.4, 0.5) is 0 Å². The monoisotopic (exact) mass is 330 g/mol. The Morgan fingerprint density at radius 1 is 1.14 bits per heavy atom. The molecule has 6 heteroatoms. The van der Waals surface area contributed by atoms with E-state index < -0.39 is 10.0 Å². The summed E-state index contributed by atoms with van der Waals surface area (Å²) >= 11 is 1.73. The van der Waals surface area contributed by atoms with Gasteiger partial charge in [-0.05, 0) is 35.9 Å². The van der Waals surface area contributed by atoms with Gasteiger partial charge in [-0.1, -0.05) is 30.3 Å². The highest BCUT2D eigenvalue weighted by molar-refractivity contribution is 7.99. The minimum atomic E-state index is -3.73. The SMILES string of the molecule is N#Cc1ccccc1S(=O)(=O)N[C@H]1CCSc2ccccc21. The quantitative estimate of drug-likeness (QED) is 0.939. The number of nitrogens with one attached hydrogen (secondary N) is 1. The van der Waals surface area contributed by atoms with Gasteiger partial charge >= 0.3 is 0 Å². The Labute approximate surface area is 134 Å². The van der Waals surface area contributed by atoms with E-state index in [1.165, 1.54) is 12.1 Å². The molecule has 3 rings (SSSR count). The average molecular weight is 330 g/mol. The third kappa shape index (κ3) is 2.88. The Balaban J connectivity index is 1.95. The van der Waals surface area contributed by atoms with Crippen LogP contribution in [0.25, 0.3) is 0 Å². The molecule has 2 aromatic carbocycles. The normalized spacial score (nSPS) is 17.5. The number of rotatable bonds is 3. The van der Waals surface area contributed by atoms with Gasteiger partial charge in [-0.15, -0.1) is 11.8 Å². The molecule has 22 heavy (non-hydrogen) atoms. The maximum atomic E-state index is 12.6. The van der Waals surface area contributed by atoms with E-state index in [9.17, 15) is 8.42 Å². The molecule has 0 aliphatic carbocycles. The lowest BCUT2D eigenvalue weighted by Crippen LogP contribution is -2.31. The Kier molecular flexibility index (Phi) is 4.21. The highest BCUT2D eigenvalue weighted by Gasteiger charge is 2.27. The number of hydrogen-bond donors (Lipinski definition) is 1. The molecule has 0 unspecified atom stereocenters. The first-order chi connectivity index (χ1) is 10.6. The van der Waals surface area contributed by atoms with Crippen LogP contribution in [-0.2, 0) is 10.0 Å². The lowest BCUT2D eigenvalue weighted by molar-refractivity contribution is 0.546. The number of thioether (sulfide) groups is 1. The third-order valence-electron chi connectivity index (χ3n) is 3.55. The van der Waals surface area contributed by atoms with E-state index in [0.29, 0.717) is 0 Å². The second kappa shape index (κ2) is 6.13. The Morgan fingerprint density at radius 2 is 1.86 bits per heavy atom. The summed E-state index contributed by atoms with van der Waals surface area (Å²) in [5.41, 5.74) is 1.16. The van der Waals surface area contributed by atoms with Gasteiger partial charge < -0.3 is 0 Å². The zero-order valence-corrected chi connectivity index (χ0v) is 13.3. The average Bonchev–Trinajstić information content (AvgIpc) is 2.55. The molecule has 0 radical (unpaired) electrons. The van der Waals surface area contributed by atoms with Crippen LogP contribution in [0.15, 0.2) is 58.3 Å². The fourth-order valence-electron chi connectivity index (χ4n) is 2.51. The van der Waals surface area contributed by atoms with Crippen molar-refractivity contribution in [3.8, 4) is 6.07 Å². The van der Waals surface area contributed by atoms with E-state index in [0.717, 1.165) is 22.6 Å². The Hall–Kier alpha value is -1.81. The molecule has 0 bridgehead atoms. The van der Waals surface area contributed by atoms with E-state index in [4.69, 9.17) is 5.26 Å². The zero-order chi connectivity index (χ0) is 15.6. The van der Waals surface area contributed by atoms with Gasteiger partial charge in [-0.3, -0.25) is 0 Å². The van der Waals surface area contributed by atoms with Crippen molar-refractivity contribution in [2.75, 3.05) is 5.75 Å². The first-order valence-electron chi connectivity index (χ1n) is 6.85. The maximum Gasteiger partial charge on any atom is 0.242 e. The van der Waals surface area contributed by atoms with Crippen LogP contribution in [0, 0.1) is 11.3 Å². The van der Waals surface area contributed by atoms with Gasteiger partial charge in [0.2, 0.25) is 10.0 Å². The minimum absolute atomic E-state index is 0.0354. The fourth-order valence-corrected chi connectivity index (χ4v) is 5.04. The van der Waals surface area contributed by atoms with Crippen molar-refractivity contribution in [3.05, 3.63) is 59.7 Å². The fraction of sp³-hybridized carbons (Fsp3) is 0.188. The smallest absolute Gasteiger partial charge is 0.207 e. The molecule has 112 valence electrons. The van der Waals surface area contributed by atoms with Crippen molar-refractivity contribution in [1.29, 1.82) is 5.26 Å². The summed E-state index contributed by atoms with van der Waals surface area (Å²) < 4.78 is 28.0. The summed E-state index contributed by atoms with van der Waals surface area (Å²) in [6.45, 7) is 0. The van der Waals surface area contributed by atoms with Crippen LogP contribution >= 0.6 is 11.8 Å². The molecular formula is C16H14N2O2S2. The number of hydrogen-bond acceptors (Lipinski definition) is 4. The lowest BCUT2D eigenvalue weighted by Gasteiger charge is -2.25. The highest BCUT2D eigenvalue weighted by atomic mass is 32.2. The van der Waals surface area contributed by atoms with Crippen molar-refractivity contribution in [1.82, 2.24) is 4.72 Å².